The van der Waals surface area contributed by atoms with Crippen LogP contribution in [-0.4, -0.2) is 35.0 Å². The van der Waals surface area contributed by atoms with Crippen LogP contribution in [0.5, 0.6) is 5.75 Å². The molecule has 0 spiro atoms. The molecule has 1 aromatic heterocycles. The van der Waals surface area contributed by atoms with Crippen LogP contribution in [0, 0.1) is 0 Å². The molecule has 9 heteroatoms. The Morgan fingerprint density at radius 1 is 1.21 bits per heavy atom. The monoisotopic (exact) mass is 438 g/mol. The van der Waals surface area contributed by atoms with Gasteiger partial charge in [0, 0.05) is 10.8 Å². The lowest BCUT2D eigenvalue weighted by Crippen LogP contribution is -2.27. The highest BCUT2D eigenvalue weighted by atomic mass is 35.5. The van der Waals surface area contributed by atoms with E-state index in [1.54, 1.807) is 42.5 Å². The molecule has 0 fully saturated rings. The lowest BCUT2D eigenvalue weighted by atomic mass is 10.2. The van der Waals surface area contributed by atoms with Crippen LogP contribution >= 0.6 is 35.0 Å². The molecular formula is C19H16Cl2N2O4S. The topological polar surface area (TPSA) is 70.4 Å². The van der Waals surface area contributed by atoms with Crippen LogP contribution in [0.2, 0.25) is 10.0 Å². The lowest BCUT2D eigenvalue weighted by Gasteiger charge is -2.12. The van der Waals surface area contributed by atoms with Gasteiger partial charge < -0.3 is 9.47 Å². The van der Waals surface area contributed by atoms with Crippen molar-refractivity contribution >= 4 is 51.8 Å². The number of ether oxygens (including phenoxy) is 2. The number of benzene rings is 2. The van der Waals surface area contributed by atoms with E-state index >= 15 is 0 Å². The number of fused-ring (bicyclic) bond motifs is 1. The van der Waals surface area contributed by atoms with E-state index in [0.717, 1.165) is 0 Å². The van der Waals surface area contributed by atoms with Gasteiger partial charge in [-0.2, -0.15) is 0 Å². The van der Waals surface area contributed by atoms with E-state index in [0.29, 0.717) is 44.2 Å². The molecule has 2 aromatic carbocycles. The van der Waals surface area contributed by atoms with Crippen LogP contribution < -0.4 is 10.3 Å². The zero-order valence-corrected chi connectivity index (χ0v) is 17.2. The summed E-state index contributed by atoms with van der Waals surface area (Å²) in [5, 5.41) is 1.81. The first-order valence-corrected chi connectivity index (χ1v) is 10.0. The summed E-state index contributed by atoms with van der Waals surface area (Å²) in [7, 11) is 1.28. The van der Waals surface area contributed by atoms with E-state index in [1.807, 2.05) is 0 Å². The predicted octanol–water partition coefficient (Wildman–Crippen LogP) is 4.05. The number of carbonyl (C=O) groups is 1. The highest BCUT2D eigenvalue weighted by Crippen LogP contribution is 2.28. The molecule has 0 atom stereocenters. The minimum atomic E-state index is -0.523. The number of methoxy groups -OCH3 is 1. The summed E-state index contributed by atoms with van der Waals surface area (Å²) in [6.45, 7) is 0.117. The maximum atomic E-state index is 12.8. The largest absolute Gasteiger partial charge is 0.491 e. The van der Waals surface area contributed by atoms with Crippen molar-refractivity contribution in [2.45, 2.75) is 11.7 Å². The van der Waals surface area contributed by atoms with Crippen molar-refractivity contribution in [3.63, 3.8) is 0 Å². The fourth-order valence-electron chi connectivity index (χ4n) is 2.47. The Bertz CT molecular complexity index is 1070. The smallest absolute Gasteiger partial charge is 0.325 e. The normalized spacial score (nSPS) is 10.8. The third-order valence-corrected chi connectivity index (χ3v) is 5.28. The number of esters is 1. The summed E-state index contributed by atoms with van der Waals surface area (Å²) in [6, 6.07) is 12.0. The summed E-state index contributed by atoms with van der Waals surface area (Å²) in [5.41, 5.74) is 0.276. The molecule has 146 valence electrons. The van der Waals surface area contributed by atoms with Crippen LogP contribution in [0.15, 0.2) is 52.4 Å². The molecule has 0 aliphatic rings. The molecule has 1 heterocycles. The predicted molar refractivity (Wildman–Crippen MR) is 111 cm³/mol. The van der Waals surface area contributed by atoms with Gasteiger partial charge in [-0.1, -0.05) is 47.1 Å². The Hall–Kier alpha value is -2.22. The SMILES string of the molecule is COC(=O)Cn1c(SCCOc2ccc(Cl)cc2Cl)nc2ccccc2c1=O. The molecule has 3 aromatic rings. The van der Waals surface area contributed by atoms with Crippen molar-refractivity contribution < 1.29 is 14.3 Å². The van der Waals surface area contributed by atoms with Crippen LogP contribution in [0.1, 0.15) is 0 Å². The summed E-state index contributed by atoms with van der Waals surface area (Å²) in [6.07, 6.45) is 0. The van der Waals surface area contributed by atoms with Gasteiger partial charge >= 0.3 is 5.97 Å². The molecule has 28 heavy (non-hydrogen) atoms. The second-order valence-electron chi connectivity index (χ2n) is 5.65. The average molecular weight is 439 g/mol. The number of rotatable bonds is 7. The van der Waals surface area contributed by atoms with E-state index < -0.39 is 5.97 Å². The number of halogens is 2. The van der Waals surface area contributed by atoms with Gasteiger partial charge in [-0.25, -0.2) is 4.98 Å². The zero-order chi connectivity index (χ0) is 20.1. The van der Waals surface area contributed by atoms with Crippen molar-refractivity contribution in [3.8, 4) is 5.75 Å². The van der Waals surface area contributed by atoms with Crippen LogP contribution in [0.3, 0.4) is 0 Å². The highest BCUT2D eigenvalue weighted by Gasteiger charge is 2.14. The Kier molecular flexibility index (Phi) is 6.83. The van der Waals surface area contributed by atoms with E-state index in [-0.39, 0.29) is 12.1 Å². The molecule has 3 rings (SSSR count). The van der Waals surface area contributed by atoms with Crippen molar-refractivity contribution in [3.05, 3.63) is 62.9 Å². The maximum absolute atomic E-state index is 12.8. The molecule has 0 radical (unpaired) electrons. The maximum Gasteiger partial charge on any atom is 0.325 e. The molecule has 0 aliphatic carbocycles. The summed E-state index contributed by atoms with van der Waals surface area (Å²) in [4.78, 5) is 29.0. The number of carbonyl (C=O) groups excluding carboxylic acids is 1. The third kappa shape index (κ3) is 4.79. The summed E-state index contributed by atoms with van der Waals surface area (Å²) >= 11 is 13.3. The van der Waals surface area contributed by atoms with Gasteiger partial charge in [-0.3, -0.25) is 14.2 Å². The molecule has 0 saturated heterocycles. The highest BCUT2D eigenvalue weighted by molar-refractivity contribution is 7.99. The third-order valence-electron chi connectivity index (χ3n) is 3.81. The first-order valence-electron chi connectivity index (χ1n) is 8.26. The fourth-order valence-corrected chi connectivity index (χ4v) is 3.75. The average Bonchev–Trinajstić information content (AvgIpc) is 2.69. The summed E-state index contributed by atoms with van der Waals surface area (Å²) < 4.78 is 11.7. The number of thioether (sulfide) groups is 1. The molecular weight excluding hydrogens is 423 g/mol. The van der Waals surface area contributed by atoms with Gasteiger partial charge in [0.2, 0.25) is 0 Å². The molecule has 0 amide bonds. The van der Waals surface area contributed by atoms with Crippen molar-refractivity contribution in [1.29, 1.82) is 0 Å². The van der Waals surface area contributed by atoms with Crippen LogP contribution in [-0.2, 0) is 16.1 Å². The minimum absolute atomic E-state index is 0.209. The van der Waals surface area contributed by atoms with Gasteiger partial charge in [-0.15, -0.1) is 0 Å². The van der Waals surface area contributed by atoms with Crippen molar-refractivity contribution in [1.82, 2.24) is 9.55 Å². The van der Waals surface area contributed by atoms with Gasteiger partial charge in [0.05, 0.1) is 29.6 Å². The quantitative estimate of drug-likeness (QED) is 0.240. The standard InChI is InChI=1S/C19H16Cl2N2O4S/c1-26-17(24)11-23-18(25)13-4-2-3-5-15(13)22-19(23)28-9-8-27-16-7-6-12(20)10-14(16)21/h2-7,10H,8-9,11H2,1H3. The van der Waals surface area contributed by atoms with E-state index in [9.17, 15) is 9.59 Å². The molecule has 0 unspecified atom stereocenters. The number of aromatic nitrogens is 2. The van der Waals surface area contributed by atoms with Crippen LogP contribution in [0.25, 0.3) is 10.9 Å². The molecule has 0 aliphatic heterocycles. The molecule has 0 N–H and O–H groups in total. The van der Waals surface area contributed by atoms with Gasteiger partial charge in [0.1, 0.15) is 12.3 Å². The first kappa shape index (κ1) is 20.5. The number of hydrogen-bond acceptors (Lipinski definition) is 6. The van der Waals surface area contributed by atoms with E-state index in [4.69, 9.17) is 32.7 Å². The minimum Gasteiger partial charge on any atom is -0.491 e. The second kappa shape index (κ2) is 9.32. The summed E-state index contributed by atoms with van der Waals surface area (Å²) in [5.74, 6) is 0.487. The van der Waals surface area contributed by atoms with Crippen molar-refractivity contribution in [2.24, 2.45) is 0 Å². The van der Waals surface area contributed by atoms with Crippen LogP contribution in [0.4, 0.5) is 0 Å². The van der Waals surface area contributed by atoms with Gasteiger partial charge in [0.25, 0.3) is 5.56 Å². The lowest BCUT2D eigenvalue weighted by molar-refractivity contribution is -0.141. The fraction of sp³-hybridized carbons (Fsp3) is 0.211. The Morgan fingerprint density at radius 2 is 2.00 bits per heavy atom. The second-order valence-corrected chi connectivity index (χ2v) is 7.56. The van der Waals surface area contributed by atoms with Gasteiger partial charge in [-0.05, 0) is 30.3 Å². The van der Waals surface area contributed by atoms with E-state index in [1.165, 1.54) is 23.4 Å². The Labute approximate surface area is 175 Å². The van der Waals surface area contributed by atoms with E-state index in [2.05, 4.69) is 4.98 Å². The van der Waals surface area contributed by atoms with Gasteiger partial charge in [0.15, 0.2) is 5.16 Å². The number of para-hydroxylation sites is 1. The van der Waals surface area contributed by atoms with Crippen molar-refractivity contribution in [2.75, 3.05) is 19.5 Å². The Balaban J connectivity index is 1.78. The Morgan fingerprint density at radius 3 is 2.75 bits per heavy atom. The molecule has 6 nitrogen and oxygen atoms in total. The molecule has 0 saturated carbocycles. The number of nitrogens with zero attached hydrogens (tertiary/aromatic N) is 2. The molecule has 0 bridgehead atoms. The number of hydrogen-bond donors (Lipinski definition) is 0. The zero-order valence-electron chi connectivity index (χ0n) is 14.9. The first-order chi connectivity index (χ1) is 13.5.